The second-order valence-corrected chi connectivity index (χ2v) is 10.2. The van der Waals surface area contributed by atoms with E-state index in [1.165, 1.54) is 12.1 Å². The maximum Gasteiger partial charge on any atom is 0.269 e. The van der Waals surface area contributed by atoms with Crippen LogP contribution in [0.5, 0.6) is 0 Å². The molecule has 1 fully saturated rings. The molecule has 3 unspecified atom stereocenters. The predicted octanol–water partition coefficient (Wildman–Crippen LogP) is 5.92. The number of non-ortho nitro benzene ring substituents is 1. The van der Waals surface area contributed by atoms with E-state index < -0.39 is 10.6 Å². The first-order valence-corrected chi connectivity index (χ1v) is 13.0. The van der Waals surface area contributed by atoms with Crippen LogP contribution in [-0.4, -0.2) is 34.1 Å². The molecular formula is C29H29ClN2O5. The van der Waals surface area contributed by atoms with Crippen LogP contribution in [0.15, 0.2) is 72.8 Å². The number of carbonyl (C=O) groups excluding carboxylic acids is 1. The van der Waals surface area contributed by atoms with Crippen molar-refractivity contribution >= 4 is 23.2 Å². The number of nitro benzene ring substituents is 1. The molecule has 3 aromatic carbocycles. The molecule has 0 aromatic heterocycles. The number of halogens is 1. The number of aliphatic hydroxyl groups is 1. The average molecular weight is 521 g/mol. The fourth-order valence-corrected chi connectivity index (χ4v) is 5.81. The Morgan fingerprint density at radius 3 is 2.35 bits per heavy atom. The van der Waals surface area contributed by atoms with Gasteiger partial charge in [-0.05, 0) is 48.4 Å². The maximum absolute atomic E-state index is 13.9. The number of aliphatic hydroxyl groups excluding tert-OH is 1. The molecule has 192 valence electrons. The summed E-state index contributed by atoms with van der Waals surface area (Å²) in [5, 5.41) is 21.7. The van der Waals surface area contributed by atoms with Crippen molar-refractivity contribution in [3.63, 3.8) is 0 Å². The normalized spacial score (nSPS) is 23.2. The van der Waals surface area contributed by atoms with Crippen molar-refractivity contribution < 1.29 is 19.6 Å². The van der Waals surface area contributed by atoms with E-state index in [-0.39, 0.29) is 36.6 Å². The van der Waals surface area contributed by atoms with Gasteiger partial charge in [-0.1, -0.05) is 66.9 Å². The topological polar surface area (TPSA) is 92.9 Å². The Bertz CT molecular complexity index is 1280. The van der Waals surface area contributed by atoms with Gasteiger partial charge in [-0.3, -0.25) is 19.8 Å². The molecule has 8 heteroatoms. The zero-order valence-electron chi connectivity index (χ0n) is 20.4. The Labute approximate surface area is 220 Å². The summed E-state index contributed by atoms with van der Waals surface area (Å²) in [6.45, 7) is 0.693. The maximum atomic E-state index is 13.9. The number of rotatable bonds is 8. The van der Waals surface area contributed by atoms with E-state index in [9.17, 15) is 20.0 Å². The molecule has 3 atom stereocenters. The minimum Gasteiger partial charge on any atom is -0.396 e. The summed E-state index contributed by atoms with van der Waals surface area (Å²) in [4.78, 5) is 26.3. The van der Waals surface area contributed by atoms with E-state index in [0.29, 0.717) is 17.2 Å². The third-order valence-electron chi connectivity index (χ3n) is 7.68. The van der Waals surface area contributed by atoms with Gasteiger partial charge in [0.2, 0.25) is 0 Å². The van der Waals surface area contributed by atoms with Crippen LogP contribution in [0.1, 0.15) is 52.7 Å². The van der Waals surface area contributed by atoms with Gasteiger partial charge in [0.25, 0.3) is 11.6 Å². The quantitative estimate of drug-likeness (QED) is 0.294. The highest BCUT2D eigenvalue weighted by Crippen LogP contribution is 2.47. The van der Waals surface area contributed by atoms with Crippen molar-refractivity contribution in [2.75, 3.05) is 13.2 Å². The molecule has 2 aliphatic rings. The summed E-state index contributed by atoms with van der Waals surface area (Å²) < 4.78 is 6.87. The van der Waals surface area contributed by atoms with Gasteiger partial charge in [0.05, 0.1) is 11.5 Å². The summed E-state index contributed by atoms with van der Waals surface area (Å²) >= 11 is 6.23. The first-order valence-electron chi connectivity index (χ1n) is 12.6. The highest BCUT2D eigenvalue weighted by atomic mass is 35.5. The van der Waals surface area contributed by atoms with Crippen LogP contribution in [0.4, 0.5) is 5.69 Å². The highest BCUT2D eigenvalue weighted by molar-refractivity contribution is 6.30. The number of benzene rings is 3. The predicted molar refractivity (Wildman–Crippen MR) is 140 cm³/mol. The summed E-state index contributed by atoms with van der Waals surface area (Å²) in [5.41, 5.74) is 1.61. The van der Waals surface area contributed by atoms with Gasteiger partial charge >= 0.3 is 0 Å². The third-order valence-corrected chi connectivity index (χ3v) is 7.93. The molecule has 0 spiro atoms. The lowest BCUT2D eigenvalue weighted by Gasteiger charge is -2.41. The molecule has 1 heterocycles. The number of amides is 1. The molecule has 0 radical (unpaired) electrons. The summed E-state index contributed by atoms with van der Waals surface area (Å²) in [7, 11) is 0. The lowest BCUT2D eigenvalue weighted by atomic mass is 9.80. The molecule has 37 heavy (non-hydrogen) atoms. The average Bonchev–Trinajstić information content (AvgIpc) is 3.16. The summed E-state index contributed by atoms with van der Waals surface area (Å²) in [5.74, 6) is 0.157. The molecule has 0 bridgehead atoms. The van der Waals surface area contributed by atoms with E-state index in [4.69, 9.17) is 16.3 Å². The fraction of sp³-hybridized carbons (Fsp3) is 0.345. The van der Waals surface area contributed by atoms with Gasteiger partial charge in [0, 0.05) is 47.0 Å². The minimum atomic E-state index is -1.21. The first kappa shape index (κ1) is 25.4. The highest BCUT2D eigenvalue weighted by Gasteiger charge is 2.52. The van der Waals surface area contributed by atoms with Gasteiger partial charge in [-0.15, -0.1) is 0 Å². The van der Waals surface area contributed by atoms with Crippen molar-refractivity contribution in [3.8, 4) is 0 Å². The van der Waals surface area contributed by atoms with Crippen molar-refractivity contribution in [1.82, 2.24) is 4.90 Å². The zero-order chi connectivity index (χ0) is 26.0. The number of carbonyl (C=O) groups is 1. The van der Waals surface area contributed by atoms with Crippen LogP contribution < -0.4 is 0 Å². The number of nitrogens with zero attached hydrogens (tertiary/aromatic N) is 2. The van der Waals surface area contributed by atoms with Gasteiger partial charge in [-0.2, -0.15) is 0 Å². The Hall–Kier alpha value is -3.26. The van der Waals surface area contributed by atoms with Crippen molar-refractivity contribution in [2.24, 2.45) is 11.8 Å². The smallest absolute Gasteiger partial charge is 0.269 e. The Morgan fingerprint density at radius 1 is 1.00 bits per heavy atom. The Morgan fingerprint density at radius 2 is 1.68 bits per heavy atom. The van der Waals surface area contributed by atoms with Gasteiger partial charge in [0.1, 0.15) is 0 Å². The van der Waals surface area contributed by atoms with E-state index in [1.54, 1.807) is 35.2 Å². The standard InChI is InChI=1S/C29H29ClN2O5/c30-24-13-11-23(12-14-24)29(37-19-22-6-2-1-5-21(22)18-33)27-8-4-3-7-26(27)28(34)31(29)17-20-9-15-25(16-10-20)32(35)36/h3-4,7-16,21-22,33H,1-2,5-6,17-19H2. The molecule has 1 aliphatic carbocycles. The van der Waals surface area contributed by atoms with Crippen LogP contribution in [0.2, 0.25) is 5.02 Å². The van der Waals surface area contributed by atoms with Crippen LogP contribution in [0, 0.1) is 22.0 Å². The molecule has 5 rings (SSSR count). The Balaban J connectivity index is 1.59. The monoisotopic (exact) mass is 520 g/mol. The van der Waals surface area contributed by atoms with Crippen molar-refractivity contribution in [3.05, 3.63) is 110 Å². The van der Waals surface area contributed by atoms with Crippen molar-refractivity contribution in [2.45, 2.75) is 38.0 Å². The van der Waals surface area contributed by atoms with Crippen LogP contribution in [0.3, 0.4) is 0 Å². The minimum absolute atomic E-state index is 0.00709. The molecule has 7 nitrogen and oxygen atoms in total. The lowest BCUT2D eigenvalue weighted by Crippen LogP contribution is -2.47. The van der Waals surface area contributed by atoms with Crippen LogP contribution in [0.25, 0.3) is 0 Å². The molecule has 0 saturated heterocycles. The molecule has 1 amide bonds. The molecular weight excluding hydrogens is 492 g/mol. The van der Waals surface area contributed by atoms with E-state index >= 15 is 0 Å². The number of hydrogen-bond donors (Lipinski definition) is 1. The first-order chi connectivity index (χ1) is 17.9. The molecule has 1 saturated carbocycles. The van der Waals surface area contributed by atoms with Gasteiger partial charge < -0.3 is 9.84 Å². The molecule has 1 aliphatic heterocycles. The van der Waals surface area contributed by atoms with Crippen molar-refractivity contribution in [1.29, 1.82) is 0 Å². The number of nitro groups is 1. The summed E-state index contributed by atoms with van der Waals surface area (Å²) in [6, 6.07) is 21.0. The van der Waals surface area contributed by atoms with Gasteiger partial charge in [-0.25, -0.2) is 0 Å². The van der Waals surface area contributed by atoms with Gasteiger partial charge in [0.15, 0.2) is 5.72 Å². The van der Waals surface area contributed by atoms with E-state index in [1.807, 2.05) is 30.3 Å². The van der Waals surface area contributed by atoms with Crippen LogP contribution in [-0.2, 0) is 17.0 Å². The van der Waals surface area contributed by atoms with E-state index in [2.05, 4.69) is 0 Å². The Kier molecular flexibility index (Phi) is 7.29. The molecule has 3 aromatic rings. The van der Waals surface area contributed by atoms with E-state index in [0.717, 1.165) is 42.4 Å². The second kappa shape index (κ2) is 10.6. The number of ether oxygens (including phenoxy) is 1. The largest absolute Gasteiger partial charge is 0.396 e. The number of hydrogen-bond acceptors (Lipinski definition) is 5. The third kappa shape index (κ3) is 4.75. The fourth-order valence-electron chi connectivity index (χ4n) is 5.69. The summed E-state index contributed by atoms with van der Waals surface area (Å²) in [6.07, 6.45) is 4.10. The SMILES string of the molecule is O=C1c2ccccc2C(OCC2CCCCC2CO)(c2ccc(Cl)cc2)N1Cc1ccc([N+](=O)[O-])cc1. The van der Waals surface area contributed by atoms with Crippen LogP contribution >= 0.6 is 11.6 Å². The second-order valence-electron chi connectivity index (χ2n) is 9.81. The lowest BCUT2D eigenvalue weighted by molar-refractivity contribution is -0.384. The zero-order valence-corrected chi connectivity index (χ0v) is 21.1. The number of fused-ring (bicyclic) bond motifs is 1. The molecule has 1 N–H and O–H groups in total.